The molecule has 120 valence electrons. The number of rotatable bonds is 14. The lowest BCUT2D eigenvalue weighted by molar-refractivity contribution is -0.146. The minimum Gasteiger partial charge on any atom is -0.481 e. The topological polar surface area (TPSA) is 77.8 Å². The summed E-state index contributed by atoms with van der Waals surface area (Å²) in [5.41, 5.74) is 0. The normalized spacial score (nSPS) is 12.8. The van der Waals surface area contributed by atoms with E-state index in [1.807, 2.05) is 0 Å². The molecule has 0 aromatic rings. The van der Waals surface area contributed by atoms with E-state index in [9.17, 15) is 4.79 Å². The summed E-state index contributed by atoms with van der Waals surface area (Å²) in [4.78, 5) is 10.9. The molecule has 0 radical (unpaired) electrons. The number of aliphatic hydroxyl groups excluding tert-OH is 1. The van der Waals surface area contributed by atoms with Crippen molar-refractivity contribution < 1.29 is 20.1 Å². The fourth-order valence-electron chi connectivity index (χ4n) is 2.47. The molecule has 0 rings (SSSR count). The third-order valence-electron chi connectivity index (χ3n) is 3.75. The zero-order valence-electron chi connectivity index (χ0n) is 12.9. The van der Waals surface area contributed by atoms with Crippen molar-refractivity contribution in [2.45, 2.75) is 90.3 Å². The van der Waals surface area contributed by atoms with Crippen molar-refractivity contribution in [1.29, 1.82) is 0 Å². The van der Waals surface area contributed by atoms with E-state index < -0.39 is 18.2 Å². The minimum absolute atomic E-state index is 0.0627. The van der Waals surface area contributed by atoms with Crippen LogP contribution in [0.1, 0.15) is 84.0 Å². The number of carbonyl (C=O) groups is 1. The Morgan fingerprint density at radius 2 is 1.30 bits per heavy atom. The number of carboxylic acid groups (broad SMARTS) is 1. The molecule has 0 aliphatic carbocycles. The van der Waals surface area contributed by atoms with E-state index in [0.29, 0.717) is 6.42 Å². The molecular weight excluding hydrogens is 256 g/mol. The molecule has 4 nitrogen and oxygen atoms in total. The molecule has 0 aromatic carbocycles. The summed E-state index contributed by atoms with van der Waals surface area (Å²) in [7, 11) is 0. The second-order valence-electron chi connectivity index (χ2n) is 5.72. The summed E-state index contributed by atoms with van der Waals surface area (Å²) in [5, 5.41) is 26.6. The van der Waals surface area contributed by atoms with Crippen LogP contribution in [0.2, 0.25) is 0 Å². The minimum atomic E-state index is -1.51. The number of unbranched alkanes of at least 4 members (excludes halogenated alkanes) is 9. The van der Waals surface area contributed by atoms with Gasteiger partial charge in [-0.3, -0.25) is 4.79 Å². The van der Waals surface area contributed by atoms with Crippen LogP contribution in [0.4, 0.5) is 0 Å². The van der Waals surface area contributed by atoms with E-state index in [2.05, 4.69) is 6.92 Å². The lowest BCUT2D eigenvalue weighted by Gasteiger charge is -2.13. The van der Waals surface area contributed by atoms with Gasteiger partial charge in [-0.1, -0.05) is 71.1 Å². The Morgan fingerprint density at radius 3 is 1.70 bits per heavy atom. The molecule has 0 saturated carbocycles. The van der Waals surface area contributed by atoms with Gasteiger partial charge in [-0.2, -0.15) is 0 Å². The van der Waals surface area contributed by atoms with Gasteiger partial charge in [0.25, 0.3) is 0 Å². The summed E-state index contributed by atoms with van der Waals surface area (Å²) >= 11 is 0. The molecule has 1 atom stereocenters. The van der Waals surface area contributed by atoms with E-state index in [1.54, 1.807) is 0 Å². The van der Waals surface area contributed by atoms with Crippen LogP contribution in [0.15, 0.2) is 0 Å². The molecule has 1 unspecified atom stereocenters. The second-order valence-corrected chi connectivity index (χ2v) is 5.72. The zero-order chi connectivity index (χ0) is 15.2. The fraction of sp³-hybridized carbons (Fsp3) is 0.938. The lowest BCUT2D eigenvalue weighted by Crippen LogP contribution is -2.20. The molecule has 0 aliphatic heterocycles. The van der Waals surface area contributed by atoms with Crippen molar-refractivity contribution in [3.05, 3.63) is 0 Å². The Kier molecular flexibility index (Phi) is 13.0. The molecule has 0 aliphatic rings. The Morgan fingerprint density at radius 1 is 0.850 bits per heavy atom. The highest BCUT2D eigenvalue weighted by molar-refractivity contribution is 5.69. The monoisotopic (exact) mass is 288 g/mol. The first-order valence-corrected chi connectivity index (χ1v) is 8.16. The van der Waals surface area contributed by atoms with Gasteiger partial charge >= 0.3 is 5.97 Å². The number of aliphatic carboxylic acids is 1. The molecule has 0 heterocycles. The zero-order valence-corrected chi connectivity index (χ0v) is 12.9. The third-order valence-corrected chi connectivity index (χ3v) is 3.75. The molecule has 4 heteroatoms. The molecule has 0 spiro atoms. The summed E-state index contributed by atoms with van der Waals surface area (Å²) in [6.07, 6.45) is 11.2. The van der Waals surface area contributed by atoms with Crippen LogP contribution in [0.5, 0.6) is 0 Å². The van der Waals surface area contributed by atoms with Crippen LogP contribution in [-0.2, 0) is 4.79 Å². The van der Waals surface area contributed by atoms with Crippen LogP contribution in [0.3, 0.4) is 0 Å². The highest BCUT2D eigenvalue weighted by atomic mass is 16.5. The van der Waals surface area contributed by atoms with Gasteiger partial charge in [-0.05, 0) is 6.42 Å². The largest absolute Gasteiger partial charge is 0.481 e. The first kappa shape index (κ1) is 19.4. The summed E-state index contributed by atoms with van der Waals surface area (Å²) in [5.74, 6) is -1.54. The van der Waals surface area contributed by atoms with E-state index in [4.69, 9.17) is 15.3 Å². The van der Waals surface area contributed by atoms with Gasteiger partial charge in [0, 0.05) is 6.42 Å². The van der Waals surface area contributed by atoms with Crippen LogP contribution < -0.4 is 0 Å². The average molecular weight is 288 g/mol. The van der Waals surface area contributed by atoms with Gasteiger partial charge in [-0.25, -0.2) is 0 Å². The summed E-state index contributed by atoms with van der Waals surface area (Å²) < 4.78 is 0. The average Bonchev–Trinajstić information content (AvgIpc) is 2.39. The number of hydrogen-bond acceptors (Lipinski definition) is 3. The quantitative estimate of drug-likeness (QED) is 0.336. The molecule has 3 N–H and O–H groups in total. The molecule has 0 fully saturated rings. The maximum atomic E-state index is 10.9. The molecule has 0 saturated heterocycles. The molecule has 0 bridgehead atoms. The Hall–Kier alpha value is -0.610. The fourth-order valence-corrected chi connectivity index (χ4v) is 2.47. The van der Waals surface area contributed by atoms with Gasteiger partial charge in [0.1, 0.15) is 0 Å². The highest BCUT2D eigenvalue weighted by Gasteiger charge is 2.19. The van der Waals surface area contributed by atoms with E-state index in [1.165, 1.54) is 44.9 Å². The predicted molar refractivity (Wildman–Crippen MR) is 80.4 cm³/mol. The van der Waals surface area contributed by atoms with Crippen molar-refractivity contribution in [2.24, 2.45) is 5.92 Å². The maximum Gasteiger partial charge on any atom is 0.306 e. The maximum absolute atomic E-state index is 10.9. The van der Waals surface area contributed by atoms with Gasteiger partial charge < -0.3 is 15.3 Å². The number of carboxylic acids is 1. The first-order valence-electron chi connectivity index (χ1n) is 8.16. The standard InChI is InChI=1S/C16H32O4/c1-2-3-4-5-6-7-8-9-10-11-12-14(16(19)20)13-15(17)18/h14-15,17-18H,2-13H2,1H3,(H,19,20). The van der Waals surface area contributed by atoms with Crippen LogP contribution >= 0.6 is 0 Å². The summed E-state index contributed by atoms with van der Waals surface area (Å²) in [6, 6.07) is 0. The predicted octanol–water partition coefficient (Wildman–Crippen LogP) is 3.70. The number of aliphatic hydroxyl groups is 2. The smallest absolute Gasteiger partial charge is 0.306 e. The Balaban J connectivity index is 3.39. The van der Waals surface area contributed by atoms with Gasteiger partial charge in [0.2, 0.25) is 0 Å². The second kappa shape index (κ2) is 13.4. The number of hydrogen-bond donors (Lipinski definition) is 3. The molecule has 20 heavy (non-hydrogen) atoms. The van der Waals surface area contributed by atoms with E-state index >= 15 is 0 Å². The summed E-state index contributed by atoms with van der Waals surface area (Å²) in [6.45, 7) is 2.22. The van der Waals surface area contributed by atoms with Crippen molar-refractivity contribution in [2.75, 3.05) is 0 Å². The van der Waals surface area contributed by atoms with Gasteiger partial charge in [0.15, 0.2) is 6.29 Å². The molecule has 0 aromatic heterocycles. The van der Waals surface area contributed by atoms with Gasteiger partial charge in [0.05, 0.1) is 5.92 Å². The highest BCUT2D eigenvalue weighted by Crippen LogP contribution is 2.17. The van der Waals surface area contributed by atoms with Gasteiger partial charge in [-0.15, -0.1) is 0 Å². The van der Waals surface area contributed by atoms with E-state index in [0.717, 1.165) is 19.3 Å². The van der Waals surface area contributed by atoms with Crippen molar-refractivity contribution in [3.8, 4) is 0 Å². The van der Waals surface area contributed by atoms with Crippen molar-refractivity contribution in [3.63, 3.8) is 0 Å². The Bertz CT molecular complexity index is 229. The lowest BCUT2D eigenvalue weighted by atomic mass is 9.97. The third kappa shape index (κ3) is 12.4. The van der Waals surface area contributed by atoms with Crippen LogP contribution in [-0.4, -0.2) is 27.6 Å². The SMILES string of the molecule is CCCCCCCCCCCCC(CC(O)O)C(=O)O. The van der Waals surface area contributed by atoms with Crippen LogP contribution in [0.25, 0.3) is 0 Å². The van der Waals surface area contributed by atoms with E-state index in [-0.39, 0.29) is 6.42 Å². The van der Waals surface area contributed by atoms with Crippen molar-refractivity contribution >= 4 is 5.97 Å². The molecular formula is C16H32O4. The molecule has 0 amide bonds. The Labute approximate surface area is 123 Å². The van der Waals surface area contributed by atoms with Crippen LogP contribution in [0, 0.1) is 5.92 Å². The van der Waals surface area contributed by atoms with Crippen molar-refractivity contribution in [1.82, 2.24) is 0 Å². The first-order chi connectivity index (χ1) is 9.57.